The molecule has 0 fully saturated rings. The SMILES string of the molecule is COc1ccc(C(O)CNC(C)C)cc1C. The molecule has 0 amide bonds. The van der Waals surface area contributed by atoms with Crippen LogP contribution < -0.4 is 10.1 Å². The predicted molar refractivity (Wildman–Crippen MR) is 65.8 cm³/mol. The first kappa shape index (κ1) is 13.0. The van der Waals surface area contributed by atoms with Gasteiger partial charge in [0.25, 0.3) is 0 Å². The maximum absolute atomic E-state index is 9.95. The van der Waals surface area contributed by atoms with E-state index in [1.807, 2.05) is 25.1 Å². The molecule has 1 unspecified atom stereocenters. The highest BCUT2D eigenvalue weighted by Crippen LogP contribution is 2.22. The highest BCUT2D eigenvalue weighted by Gasteiger charge is 2.09. The molecule has 0 spiro atoms. The summed E-state index contributed by atoms with van der Waals surface area (Å²) in [6, 6.07) is 6.14. The van der Waals surface area contributed by atoms with Gasteiger partial charge in [-0.25, -0.2) is 0 Å². The third kappa shape index (κ3) is 3.51. The quantitative estimate of drug-likeness (QED) is 0.802. The summed E-state index contributed by atoms with van der Waals surface area (Å²) >= 11 is 0. The highest BCUT2D eigenvalue weighted by molar-refractivity contribution is 5.37. The molecule has 2 N–H and O–H groups in total. The van der Waals surface area contributed by atoms with Crippen LogP contribution in [0.5, 0.6) is 5.75 Å². The Labute approximate surface area is 97.4 Å². The van der Waals surface area contributed by atoms with E-state index in [0.29, 0.717) is 12.6 Å². The van der Waals surface area contributed by atoms with Crippen LogP contribution in [-0.2, 0) is 0 Å². The monoisotopic (exact) mass is 223 g/mol. The van der Waals surface area contributed by atoms with E-state index in [-0.39, 0.29) is 0 Å². The lowest BCUT2D eigenvalue weighted by Gasteiger charge is -2.15. The summed E-state index contributed by atoms with van der Waals surface area (Å²) in [5.74, 6) is 0.854. The van der Waals surface area contributed by atoms with Crippen LogP contribution in [0, 0.1) is 6.92 Å². The van der Waals surface area contributed by atoms with Crippen LogP contribution in [0.2, 0.25) is 0 Å². The van der Waals surface area contributed by atoms with Crippen molar-refractivity contribution in [1.82, 2.24) is 5.32 Å². The van der Waals surface area contributed by atoms with E-state index in [9.17, 15) is 5.11 Å². The second kappa shape index (κ2) is 5.87. The summed E-state index contributed by atoms with van der Waals surface area (Å²) in [7, 11) is 1.65. The second-order valence-electron chi connectivity index (χ2n) is 4.31. The molecule has 0 heterocycles. The summed E-state index contributed by atoms with van der Waals surface area (Å²) in [6.45, 7) is 6.67. The Morgan fingerprint density at radius 1 is 1.38 bits per heavy atom. The molecule has 3 heteroatoms. The normalized spacial score (nSPS) is 12.9. The number of benzene rings is 1. The van der Waals surface area contributed by atoms with Crippen LogP contribution in [0.15, 0.2) is 18.2 Å². The van der Waals surface area contributed by atoms with Gasteiger partial charge in [0.05, 0.1) is 13.2 Å². The zero-order valence-electron chi connectivity index (χ0n) is 10.4. The number of aliphatic hydroxyl groups excluding tert-OH is 1. The van der Waals surface area contributed by atoms with E-state index >= 15 is 0 Å². The zero-order chi connectivity index (χ0) is 12.1. The van der Waals surface area contributed by atoms with Crippen molar-refractivity contribution in [3.63, 3.8) is 0 Å². The number of aryl methyl sites for hydroxylation is 1. The minimum absolute atomic E-state index is 0.383. The molecule has 1 aromatic carbocycles. The van der Waals surface area contributed by atoms with E-state index in [4.69, 9.17) is 4.74 Å². The lowest BCUT2D eigenvalue weighted by atomic mass is 10.1. The Hall–Kier alpha value is -1.06. The summed E-state index contributed by atoms with van der Waals surface area (Å²) in [5.41, 5.74) is 1.97. The molecule has 1 aromatic rings. The largest absolute Gasteiger partial charge is 0.496 e. The van der Waals surface area contributed by atoms with Crippen LogP contribution in [0.4, 0.5) is 0 Å². The number of hydrogen-bond acceptors (Lipinski definition) is 3. The van der Waals surface area contributed by atoms with Gasteiger partial charge in [-0.3, -0.25) is 0 Å². The fourth-order valence-electron chi connectivity index (χ4n) is 1.57. The Morgan fingerprint density at radius 3 is 2.56 bits per heavy atom. The average molecular weight is 223 g/mol. The van der Waals surface area contributed by atoms with Gasteiger partial charge in [0.15, 0.2) is 0 Å². The number of methoxy groups -OCH3 is 1. The maximum Gasteiger partial charge on any atom is 0.121 e. The molecule has 0 aromatic heterocycles. The van der Waals surface area contributed by atoms with Gasteiger partial charge >= 0.3 is 0 Å². The van der Waals surface area contributed by atoms with Crippen molar-refractivity contribution in [2.45, 2.75) is 32.9 Å². The van der Waals surface area contributed by atoms with Crippen molar-refractivity contribution in [2.75, 3.05) is 13.7 Å². The number of aliphatic hydroxyl groups is 1. The van der Waals surface area contributed by atoms with Crippen molar-refractivity contribution in [1.29, 1.82) is 0 Å². The highest BCUT2D eigenvalue weighted by atomic mass is 16.5. The fraction of sp³-hybridized carbons (Fsp3) is 0.538. The molecule has 0 radical (unpaired) electrons. The zero-order valence-corrected chi connectivity index (χ0v) is 10.4. The van der Waals surface area contributed by atoms with Crippen LogP contribution in [0.3, 0.4) is 0 Å². The summed E-state index contributed by atoms with van der Waals surface area (Å²) < 4.78 is 5.18. The Kier molecular flexibility index (Phi) is 4.77. The molecule has 1 rings (SSSR count). The summed E-state index contributed by atoms with van der Waals surface area (Å²) in [5, 5.41) is 13.2. The van der Waals surface area contributed by atoms with E-state index in [1.54, 1.807) is 7.11 Å². The molecule has 3 nitrogen and oxygen atoms in total. The minimum atomic E-state index is -0.466. The van der Waals surface area contributed by atoms with Crippen molar-refractivity contribution in [2.24, 2.45) is 0 Å². The van der Waals surface area contributed by atoms with Crippen LogP contribution in [-0.4, -0.2) is 24.8 Å². The lowest BCUT2D eigenvalue weighted by Crippen LogP contribution is -2.27. The van der Waals surface area contributed by atoms with Gasteiger partial charge in [-0.1, -0.05) is 19.9 Å². The predicted octanol–water partition coefficient (Wildman–Crippen LogP) is 2.04. The second-order valence-corrected chi connectivity index (χ2v) is 4.31. The number of hydrogen-bond donors (Lipinski definition) is 2. The lowest BCUT2D eigenvalue weighted by molar-refractivity contribution is 0.171. The van der Waals surface area contributed by atoms with Gasteiger partial charge in [-0.05, 0) is 30.2 Å². The van der Waals surface area contributed by atoms with Gasteiger partial charge in [0, 0.05) is 12.6 Å². The minimum Gasteiger partial charge on any atom is -0.496 e. The first-order valence-corrected chi connectivity index (χ1v) is 5.60. The third-order valence-electron chi connectivity index (χ3n) is 2.52. The average Bonchev–Trinajstić information content (AvgIpc) is 2.25. The Bertz CT molecular complexity index is 337. The van der Waals surface area contributed by atoms with Crippen LogP contribution in [0.25, 0.3) is 0 Å². The third-order valence-corrected chi connectivity index (χ3v) is 2.52. The molecular formula is C13H21NO2. The molecule has 0 aliphatic rings. The first-order valence-electron chi connectivity index (χ1n) is 5.60. The summed E-state index contributed by atoms with van der Waals surface area (Å²) in [6.07, 6.45) is -0.466. The van der Waals surface area contributed by atoms with E-state index in [1.165, 1.54) is 0 Å². The van der Waals surface area contributed by atoms with Crippen LogP contribution >= 0.6 is 0 Å². The van der Waals surface area contributed by atoms with Gasteiger partial charge in [-0.2, -0.15) is 0 Å². The molecule has 0 saturated heterocycles. The van der Waals surface area contributed by atoms with Crippen molar-refractivity contribution in [3.05, 3.63) is 29.3 Å². The molecule has 1 atom stereocenters. The molecule has 0 bridgehead atoms. The molecule has 0 aliphatic carbocycles. The van der Waals surface area contributed by atoms with Crippen molar-refractivity contribution in [3.8, 4) is 5.75 Å². The topological polar surface area (TPSA) is 41.5 Å². The van der Waals surface area contributed by atoms with Crippen molar-refractivity contribution < 1.29 is 9.84 Å². The number of rotatable bonds is 5. The fourth-order valence-corrected chi connectivity index (χ4v) is 1.57. The maximum atomic E-state index is 9.95. The standard InChI is InChI=1S/C13H21NO2/c1-9(2)14-8-12(15)11-5-6-13(16-4)10(3)7-11/h5-7,9,12,14-15H,8H2,1-4H3. The van der Waals surface area contributed by atoms with Gasteiger partial charge < -0.3 is 15.2 Å². The van der Waals surface area contributed by atoms with E-state index < -0.39 is 6.10 Å². The Morgan fingerprint density at radius 2 is 2.06 bits per heavy atom. The molecule has 0 saturated carbocycles. The molecular weight excluding hydrogens is 202 g/mol. The smallest absolute Gasteiger partial charge is 0.121 e. The van der Waals surface area contributed by atoms with Gasteiger partial charge in [-0.15, -0.1) is 0 Å². The van der Waals surface area contributed by atoms with Crippen molar-refractivity contribution >= 4 is 0 Å². The number of ether oxygens (including phenoxy) is 1. The first-order chi connectivity index (χ1) is 7.54. The van der Waals surface area contributed by atoms with E-state index in [2.05, 4.69) is 19.2 Å². The van der Waals surface area contributed by atoms with E-state index in [0.717, 1.165) is 16.9 Å². The molecule has 90 valence electrons. The summed E-state index contributed by atoms with van der Waals surface area (Å²) in [4.78, 5) is 0. The van der Waals surface area contributed by atoms with Gasteiger partial charge in [0.2, 0.25) is 0 Å². The molecule has 16 heavy (non-hydrogen) atoms. The Balaban J connectivity index is 2.69. The van der Waals surface area contributed by atoms with Gasteiger partial charge in [0.1, 0.15) is 5.75 Å². The van der Waals surface area contributed by atoms with Crippen LogP contribution in [0.1, 0.15) is 31.1 Å². The number of nitrogens with one attached hydrogen (secondary N) is 1. The molecule has 0 aliphatic heterocycles.